The predicted octanol–water partition coefficient (Wildman–Crippen LogP) is 2.61. The van der Waals surface area contributed by atoms with Crippen molar-refractivity contribution in [2.75, 3.05) is 11.9 Å². The van der Waals surface area contributed by atoms with E-state index in [0.717, 1.165) is 22.1 Å². The number of hydrogen-bond acceptors (Lipinski definition) is 3. The Morgan fingerprint density at radius 2 is 2.00 bits per heavy atom. The molecular weight excluding hydrogens is 370 g/mol. The summed E-state index contributed by atoms with van der Waals surface area (Å²) in [5, 5.41) is 5.33. The number of rotatable bonds is 6. The Hall–Kier alpha value is -1.11. The van der Waals surface area contributed by atoms with E-state index < -0.39 is 6.04 Å². The maximum absolute atomic E-state index is 11.9. The van der Waals surface area contributed by atoms with Gasteiger partial charge in [0.1, 0.15) is 0 Å². The van der Waals surface area contributed by atoms with E-state index in [2.05, 4.69) is 26.6 Å². The zero-order valence-electron chi connectivity index (χ0n) is 13.0. The number of aryl methyl sites for hydroxylation is 1. The van der Waals surface area contributed by atoms with Gasteiger partial charge in [0.25, 0.3) is 0 Å². The summed E-state index contributed by atoms with van der Waals surface area (Å²) in [6.07, 6.45) is 0.817. The van der Waals surface area contributed by atoms with Gasteiger partial charge in [-0.05, 0) is 30.5 Å². The monoisotopic (exact) mass is 391 g/mol. The Bertz CT molecular complexity index is 526. The van der Waals surface area contributed by atoms with Crippen LogP contribution in [-0.2, 0) is 9.59 Å². The number of nitrogens with one attached hydrogen (secondary N) is 2. The maximum atomic E-state index is 11.9. The molecule has 0 aliphatic carbocycles. The van der Waals surface area contributed by atoms with Crippen LogP contribution in [0.1, 0.15) is 25.8 Å². The molecule has 0 aromatic heterocycles. The molecular formula is C15H23BrClN3O2. The summed E-state index contributed by atoms with van der Waals surface area (Å²) >= 11 is 3.35. The molecule has 2 unspecified atom stereocenters. The molecule has 0 saturated carbocycles. The summed E-state index contributed by atoms with van der Waals surface area (Å²) in [7, 11) is 0. The van der Waals surface area contributed by atoms with Gasteiger partial charge in [-0.15, -0.1) is 12.4 Å². The zero-order chi connectivity index (χ0) is 16.0. The van der Waals surface area contributed by atoms with E-state index in [1.165, 1.54) is 0 Å². The summed E-state index contributed by atoms with van der Waals surface area (Å²) in [5.74, 6) is -0.494. The molecule has 0 bridgehead atoms. The molecule has 4 N–H and O–H groups in total. The van der Waals surface area contributed by atoms with Crippen molar-refractivity contribution >= 4 is 45.8 Å². The highest BCUT2D eigenvalue weighted by Gasteiger charge is 2.19. The van der Waals surface area contributed by atoms with Crippen molar-refractivity contribution in [3.8, 4) is 0 Å². The van der Waals surface area contributed by atoms with Crippen molar-refractivity contribution in [1.29, 1.82) is 0 Å². The third-order valence-electron chi connectivity index (χ3n) is 3.46. The van der Waals surface area contributed by atoms with Gasteiger partial charge >= 0.3 is 0 Å². The summed E-state index contributed by atoms with van der Waals surface area (Å²) in [5.41, 5.74) is 7.47. The van der Waals surface area contributed by atoms with E-state index in [-0.39, 0.29) is 36.7 Å². The minimum atomic E-state index is -0.588. The average molecular weight is 393 g/mol. The third-order valence-corrected chi connectivity index (χ3v) is 3.95. The van der Waals surface area contributed by atoms with E-state index in [1.54, 1.807) is 0 Å². The molecule has 0 fully saturated rings. The lowest BCUT2D eigenvalue weighted by Crippen LogP contribution is -2.46. The summed E-state index contributed by atoms with van der Waals surface area (Å²) in [6, 6.07) is 5.03. The normalized spacial score (nSPS) is 12.8. The first-order valence-electron chi connectivity index (χ1n) is 6.94. The van der Waals surface area contributed by atoms with Gasteiger partial charge in [-0.1, -0.05) is 42.3 Å². The standard InChI is InChI=1S/C15H22BrN3O2.ClH/c1-4-9(2)14(17)15(21)18-8-13(20)19-12-7-11(16)6-5-10(12)3;/h5-7,9,14H,4,8,17H2,1-3H3,(H,18,21)(H,19,20);1H. The second kappa shape index (κ2) is 9.82. The van der Waals surface area contributed by atoms with E-state index in [1.807, 2.05) is 39.0 Å². The highest BCUT2D eigenvalue weighted by atomic mass is 79.9. The van der Waals surface area contributed by atoms with Gasteiger partial charge in [-0.3, -0.25) is 9.59 Å². The van der Waals surface area contributed by atoms with Crippen LogP contribution in [0.2, 0.25) is 0 Å². The summed E-state index contributed by atoms with van der Waals surface area (Å²) < 4.78 is 0.881. The molecule has 2 amide bonds. The van der Waals surface area contributed by atoms with Crippen LogP contribution >= 0.6 is 28.3 Å². The van der Waals surface area contributed by atoms with E-state index >= 15 is 0 Å². The van der Waals surface area contributed by atoms with E-state index in [4.69, 9.17) is 5.73 Å². The van der Waals surface area contributed by atoms with Crippen molar-refractivity contribution in [1.82, 2.24) is 5.32 Å². The smallest absolute Gasteiger partial charge is 0.243 e. The van der Waals surface area contributed by atoms with Crippen molar-refractivity contribution < 1.29 is 9.59 Å². The number of carbonyl (C=O) groups excluding carboxylic acids is 2. The van der Waals surface area contributed by atoms with Gasteiger partial charge in [0.05, 0.1) is 12.6 Å². The average Bonchev–Trinajstić information content (AvgIpc) is 2.46. The van der Waals surface area contributed by atoms with Crippen LogP contribution in [0.15, 0.2) is 22.7 Å². The zero-order valence-corrected chi connectivity index (χ0v) is 15.4. The van der Waals surface area contributed by atoms with Crippen molar-refractivity contribution in [2.45, 2.75) is 33.2 Å². The molecule has 0 aliphatic heterocycles. The van der Waals surface area contributed by atoms with Crippen molar-refractivity contribution in [2.24, 2.45) is 11.7 Å². The van der Waals surface area contributed by atoms with Crippen LogP contribution in [0.4, 0.5) is 5.69 Å². The van der Waals surface area contributed by atoms with Gasteiger partial charge in [0, 0.05) is 10.2 Å². The van der Waals surface area contributed by atoms with Gasteiger partial charge in [-0.25, -0.2) is 0 Å². The Labute approximate surface area is 145 Å². The molecule has 5 nitrogen and oxygen atoms in total. The third kappa shape index (κ3) is 6.34. The lowest BCUT2D eigenvalue weighted by atomic mass is 9.99. The SMILES string of the molecule is CCC(C)C(N)C(=O)NCC(=O)Nc1cc(Br)ccc1C.Cl. The molecule has 0 aliphatic rings. The van der Waals surface area contributed by atoms with E-state index in [9.17, 15) is 9.59 Å². The molecule has 1 aromatic rings. The molecule has 0 spiro atoms. The molecule has 2 atom stereocenters. The number of nitrogens with two attached hydrogens (primary N) is 1. The van der Waals surface area contributed by atoms with Crippen LogP contribution < -0.4 is 16.4 Å². The molecule has 7 heteroatoms. The molecule has 0 saturated heterocycles. The van der Waals surface area contributed by atoms with Gasteiger partial charge in [0.15, 0.2) is 0 Å². The van der Waals surface area contributed by atoms with Crippen molar-refractivity contribution in [3.05, 3.63) is 28.2 Å². The lowest BCUT2D eigenvalue weighted by Gasteiger charge is -2.17. The fraction of sp³-hybridized carbons (Fsp3) is 0.467. The summed E-state index contributed by atoms with van der Waals surface area (Å²) in [4.78, 5) is 23.7. The Morgan fingerprint density at radius 3 is 2.59 bits per heavy atom. The largest absolute Gasteiger partial charge is 0.346 e. The van der Waals surface area contributed by atoms with Gasteiger partial charge < -0.3 is 16.4 Å². The fourth-order valence-corrected chi connectivity index (χ4v) is 2.08. The van der Waals surface area contributed by atoms with Crippen molar-refractivity contribution in [3.63, 3.8) is 0 Å². The van der Waals surface area contributed by atoms with Gasteiger partial charge in [0.2, 0.25) is 11.8 Å². The number of anilines is 1. The Morgan fingerprint density at radius 1 is 1.36 bits per heavy atom. The molecule has 22 heavy (non-hydrogen) atoms. The van der Waals surface area contributed by atoms with Gasteiger partial charge in [-0.2, -0.15) is 0 Å². The summed E-state index contributed by atoms with van der Waals surface area (Å²) in [6.45, 7) is 5.70. The second-order valence-electron chi connectivity index (χ2n) is 5.14. The topological polar surface area (TPSA) is 84.2 Å². The number of halogens is 2. The minimum Gasteiger partial charge on any atom is -0.346 e. The number of hydrogen-bond donors (Lipinski definition) is 3. The van der Waals surface area contributed by atoms with Crippen LogP contribution in [0.3, 0.4) is 0 Å². The Balaban J connectivity index is 0.00000441. The number of benzene rings is 1. The molecule has 0 radical (unpaired) electrons. The quantitative estimate of drug-likeness (QED) is 0.696. The number of carbonyl (C=O) groups is 2. The molecule has 124 valence electrons. The van der Waals surface area contributed by atoms with Crippen LogP contribution in [0, 0.1) is 12.8 Å². The first-order valence-corrected chi connectivity index (χ1v) is 7.73. The highest BCUT2D eigenvalue weighted by Crippen LogP contribution is 2.20. The fourth-order valence-electron chi connectivity index (χ4n) is 1.72. The molecule has 1 rings (SSSR count). The van der Waals surface area contributed by atoms with Crippen LogP contribution in [0.5, 0.6) is 0 Å². The molecule has 0 heterocycles. The maximum Gasteiger partial charge on any atom is 0.243 e. The highest BCUT2D eigenvalue weighted by molar-refractivity contribution is 9.10. The van der Waals surface area contributed by atoms with E-state index in [0.29, 0.717) is 0 Å². The first kappa shape index (κ1) is 20.9. The van der Waals surface area contributed by atoms with Crippen LogP contribution in [-0.4, -0.2) is 24.4 Å². The Kier molecular flexibility index (Phi) is 9.32. The predicted molar refractivity (Wildman–Crippen MR) is 95.2 cm³/mol. The van der Waals surface area contributed by atoms with Crippen LogP contribution in [0.25, 0.3) is 0 Å². The second-order valence-corrected chi connectivity index (χ2v) is 6.05. The molecule has 1 aromatic carbocycles. The minimum absolute atomic E-state index is 0. The number of amides is 2. The first-order chi connectivity index (χ1) is 9.85. The lowest BCUT2D eigenvalue weighted by molar-refractivity contribution is -0.125.